The molecular formula is C22H21F2NS. The Hall–Kier alpha value is -2.20. The average molecular weight is 369 g/mol. The molecule has 2 N–H and O–H groups in total. The molecule has 4 rings (SSSR count). The zero-order valence-corrected chi connectivity index (χ0v) is 15.6. The molecule has 26 heavy (non-hydrogen) atoms. The van der Waals surface area contributed by atoms with Crippen molar-refractivity contribution >= 4 is 17.0 Å². The van der Waals surface area contributed by atoms with E-state index in [1.807, 2.05) is 0 Å². The minimum atomic E-state index is -0.564. The summed E-state index contributed by atoms with van der Waals surface area (Å²) in [6.07, 6.45) is 5.23. The van der Waals surface area contributed by atoms with E-state index in [-0.39, 0.29) is 5.69 Å². The van der Waals surface area contributed by atoms with Crippen LogP contribution in [-0.2, 0) is 19.3 Å². The zero-order chi connectivity index (χ0) is 18.3. The number of benzene rings is 2. The van der Waals surface area contributed by atoms with Gasteiger partial charge in [0.2, 0.25) is 0 Å². The molecule has 2 aromatic carbocycles. The van der Waals surface area contributed by atoms with Crippen molar-refractivity contribution in [2.45, 2.75) is 39.0 Å². The van der Waals surface area contributed by atoms with E-state index in [2.05, 4.69) is 30.5 Å². The fourth-order valence-electron chi connectivity index (χ4n) is 3.73. The molecule has 1 aliphatic rings. The first-order chi connectivity index (χ1) is 12.5. The highest BCUT2D eigenvalue weighted by Gasteiger charge is 2.16. The molecule has 1 nitrogen and oxygen atoms in total. The molecule has 0 unspecified atom stereocenters. The first-order valence-electron chi connectivity index (χ1n) is 8.95. The molecule has 1 heterocycles. The number of rotatable bonds is 3. The van der Waals surface area contributed by atoms with Gasteiger partial charge in [-0.3, -0.25) is 0 Å². The molecule has 1 aliphatic carbocycles. The third-order valence-electron chi connectivity index (χ3n) is 5.32. The zero-order valence-electron chi connectivity index (χ0n) is 14.7. The Kier molecular flexibility index (Phi) is 4.53. The van der Waals surface area contributed by atoms with E-state index in [0.717, 1.165) is 22.9 Å². The van der Waals surface area contributed by atoms with Crippen LogP contribution in [0.1, 0.15) is 40.0 Å². The molecule has 0 aliphatic heterocycles. The van der Waals surface area contributed by atoms with Crippen LogP contribution in [0.5, 0.6) is 0 Å². The van der Waals surface area contributed by atoms with Gasteiger partial charge in [0, 0.05) is 17.4 Å². The van der Waals surface area contributed by atoms with Crippen molar-refractivity contribution in [3.8, 4) is 11.1 Å². The number of hydrogen-bond acceptors (Lipinski definition) is 2. The maximum absolute atomic E-state index is 14.1. The fourth-order valence-corrected chi connectivity index (χ4v) is 4.83. The number of anilines is 1. The normalized spacial score (nSPS) is 13.7. The molecule has 3 aromatic rings. The summed E-state index contributed by atoms with van der Waals surface area (Å²) in [4.78, 5) is 1.06. The minimum Gasteiger partial charge on any atom is -0.396 e. The van der Waals surface area contributed by atoms with Crippen LogP contribution in [0.3, 0.4) is 0 Å². The van der Waals surface area contributed by atoms with Gasteiger partial charge in [0.25, 0.3) is 0 Å². The molecule has 0 spiro atoms. The van der Waals surface area contributed by atoms with Gasteiger partial charge in [-0.05, 0) is 77.4 Å². The first kappa shape index (κ1) is 17.2. The summed E-state index contributed by atoms with van der Waals surface area (Å²) < 4.78 is 27.8. The van der Waals surface area contributed by atoms with Crippen LogP contribution in [0.4, 0.5) is 14.5 Å². The molecule has 0 atom stereocenters. The van der Waals surface area contributed by atoms with Crippen LogP contribution in [-0.4, -0.2) is 0 Å². The van der Waals surface area contributed by atoms with Gasteiger partial charge in [-0.1, -0.05) is 18.2 Å². The highest BCUT2D eigenvalue weighted by Crippen LogP contribution is 2.35. The second kappa shape index (κ2) is 6.84. The monoisotopic (exact) mass is 369 g/mol. The largest absolute Gasteiger partial charge is 0.396 e. The van der Waals surface area contributed by atoms with Crippen molar-refractivity contribution in [2.75, 3.05) is 5.73 Å². The molecule has 4 heteroatoms. The van der Waals surface area contributed by atoms with Crippen molar-refractivity contribution < 1.29 is 8.78 Å². The SMILES string of the molecule is Cc1c(-c2ccc3c(c2)CCCC3)csc1Cc1cc(F)c(N)cc1F. The Morgan fingerprint density at radius 1 is 1.00 bits per heavy atom. The van der Waals surface area contributed by atoms with E-state index in [4.69, 9.17) is 5.73 Å². The molecule has 0 bridgehead atoms. The van der Waals surface area contributed by atoms with Crippen molar-refractivity contribution in [1.82, 2.24) is 0 Å². The number of nitrogens with two attached hydrogens (primary N) is 1. The molecule has 0 saturated heterocycles. The van der Waals surface area contributed by atoms with Gasteiger partial charge in [-0.15, -0.1) is 11.3 Å². The van der Waals surface area contributed by atoms with Gasteiger partial charge in [-0.2, -0.15) is 0 Å². The lowest BCUT2D eigenvalue weighted by atomic mass is 9.89. The van der Waals surface area contributed by atoms with Crippen molar-refractivity contribution in [2.24, 2.45) is 0 Å². The summed E-state index contributed by atoms with van der Waals surface area (Å²) in [5, 5.41) is 2.13. The van der Waals surface area contributed by atoms with Crippen LogP contribution in [0.2, 0.25) is 0 Å². The lowest BCUT2D eigenvalue weighted by Crippen LogP contribution is -2.02. The fraction of sp³-hybridized carbons (Fsp3) is 0.273. The topological polar surface area (TPSA) is 26.0 Å². The van der Waals surface area contributed by atoms with Gasteiger partial charge in [0.1, 0.15) is 11.6 Å². The Balaban J connectivity index is 1.66. The third kappa shape index (κ3) is 3.14. The first-order valence-corrected chi connectivity index (χ1v) is 9.83. The van der Waals surface area contributed by atoms with Gasteiger partial charge in [0.15, 0.2) is 0 Å². The Morgan fingerprint density at radius 2 is 1.77 bits per heavy atom. The second-order valence-corrected chi connectivity index (χ2v) is 7.99. The second-order valence-electron chi connectivity index (χ2n) is 7.03. The van der Waals surface area contributed by atoms with Crippen molar-refractivity contribution in [3.05, 3.63) is 74.5 Å². The molecule has 0 fully saturated rings. The predicted molar refractivity (Wildman–Crippen MR) is 105 cm³/mol. The van der Waals surface area contributed by atoms with Gasteiger partial charge in [-0.25, -0.2) is 8.78 Å². The summed E-state index contributed by atoms with van der Waals surface area (Å²) in [6.45, 7) is 2.06. The molecule has 1 aromatic heterocycles. The quantitative estimate of drug-likeness (QED) is 0.559. The Bertz CT molecular complexity index is 975. The smallest absolute Gasteiger partial charge is 0.146 e. The predicted octanol–water partition coefficient (Wildman–Crippen LogP) is 6.05. The maximum Gasteiger partial charge on any atom is 0.146 e. The van der Waals surface area contributed by atoms with E-state index < -0.39 is 11.6 Å². The highest BCUT2D eigenvalue weighted by molar-refractivity contribution is 7.10. The average Bonchev–Trinajstić information content (AvgIpc) is 3.00. The summed E-state index contributed by atoms with van der Waals surface area (Å²) in [5.74, 6) is -1.02. The number of thiophene rings is 1. The van der Waals surface area contributed by atoms with Crippen molar-refractivity contribution in [1.29, 1.82) is 0 Å². The summed E-state index contributed by atoms with van der Waals surface area (Å²) in [7, 11) is 0. The van der Waals surface area contributed by atoms with Crippen LogP contribution >= 0.6 is 11.3 Å². The van der Waals surface area contributed by atoms with Crippen LogP contribution < -0.4 is 5.73 Å². The van der Waals surface area contributed by atoms with Gasteiger partial charge < -0.3 is 5.73 Å². The number of halogens is 2. The molecule has 0 amide bonds. The highest BCUT2D eigenvalue weighted by atomic mass is 32.1. The van der Waals surface area contributed by atoms with E-state index in [0.29, 0.717) is 12.0 Å². The molecular weight excluding hydrogens is 348 g/mol. The summed E-state index contributed by atoms with van der Waals surface area (Å²) in [5.41, 5.74) is 12.1. The molecule has 0 saturated carbocycles. The van der Waals surface area contributed by atoms with E-state index in [9.17, 15) is 8.78 Å². The van der Waals surface area contributed by atoms with Gasteiger partial charge in [0.05, 0.1) is 5.69 Å². The maximum atomic E-state index is 14.1. The third-order valence-corrected chi connectivity index (χ3v) is 6.41. The molecule has 0 radical (unpaired) electrons. The Labute approximate surface area is 156 Å². The van der Waals surface area contributed by atoms with Crippen LogP contribution in [0.25, 0.3) is 11.1 Å². The van der Waals surface area contributed by atoms with Crippen LogP contribution in [0, 0.1) is 18.6 Å². The summed E-state index contributed by atoms with van der Waals surface area (Å²) in [6, 6.07) is 9.01. The lowest BCUT2D eigenvalue weighted by molar-refractivity contribution is 0.592. The number of nitrogen functional groups attached to an aromatic ring is 1. The van der Waals surface area contributed by atoms with E-state index >= 15 is 0 Å². The number of fused-ring (bicyclic) bond motifs is 1. The minimum absolute atomic E-state index is 0.149. The van der Waals surface area contributed by atoms with Gasteiger partial charge >= 0.3 is 0 Å². The van der Waals surface area contributed by atoms with E-state index in [1.54, 1.807) is 11.3 Å². The number of aryl methyl sites for hydroxylation is 2. The number of hydrogen-bond donors (Lipinski definition) is 1. The molecule has 134 valence electrons. The van der Waals surface area contributed by atoms with Crippen molar-refractivity contribution in [3.63, 3.8) is 0 Å². The van der Waals surface area contributed by atoms with E-state index in [1.165, 1.54) is 47.6 Å². The Morgan fingerprint density at radius 3 is 2.58 bits per heavy atom. The van der Waals surface area contributed by atoms with Crippen LogP contribution in [0.15, 0.2) is 35.7 Å². The lowest BCUT2D eigenvalue weighted by Gasteiger charge is -2.16. The standard InChI is InChI=1S/C22H21F2NS/c1-13-18(16-7-6-14-4-2-3-5-15(14)8-16)12-26-22(13)10-17-9-20(24)21(25)11-19(17)23/h6-9,11-12H,2-5,10,25H2,1H3. The summed E-state index contributed by atoms with van der Waals surface area (Å²) >= 11 is 1.60.